The number of carboxylic acids is 1. The Balaban J connectivity index is 2.80. The van der Waals surface area contributed by atoms with Crippen LogP contribution in [0.15, 0.2) is 0 Å². The molecule has 1 fully saturated rings. The first-order valence-corrected chi connectivity index (χ1v) is 4.84. The van der Waals surface area contributed by atoms with E-state index in [0.29, 0.717) is 12.8 Å². The van der Waals surface area contributed by atoms with Crippen LogP contribution in [0.5, 0.6) is 0 Å². The highest BCUT2D eigenvalue weighted by molar-refractivity contribution is 5.71. The highest BCUT2D eigenvalue weighted by atomic mass is 16.5. The summed E-state index contributed by atoms with van der Waals surface area (Å²) in [5, 5.41) is 18.1. The largest absolute Gasteiger partial charge is 0.481 e. The molecule has 2 N–H and O–H groups in total. The van der Waals surface area contributed by atoms with Gasteiger partial charge in [-0.25, -0.2) is 0 Å². The molecule has 1 saturated heterocycles. The van der Waals surface area contributed by atoms with Crippen LogP contribution in [0.3, 0.4) is 0 Å². The Labute approximate surface area is 83.9 Å². The van der Waals surface area contributed by atoms with E-state index >= 15 is 0 Å². The zero-order valence-electron chi connectivity index (χ0n) is 8.91. The topological polar surface area (TPSA) is 66.8 Å². The molecule has 0 aromatic rings. The standard InChI is InChI=1S/C10H18O4/c1-9(2)7(8(12)13)4-5-10(3,6-11)14-9/h7,11H,4-6H2,1-3H3,(H,12,13)/t7-,10?/m1/s1. The smallest absolute Gasteiger partial charge is 0.309 e. The van der Waals surface area contributed by atoms with E-state index in [9.17, 15) is 4.79 Å². The van der Waals surface area contributed by atoms with Crippen LogP contribution in [0.4, 0.5) is 0 Å². The minimum Gasteiger partial charge on any atom is -0.481 e. The Morgan fingerprint density at radius 2 is 2.07 bits per heavy atom. The fourth-order valence-electron chi connectivity index (χ4n) is 2.09. The maximum Gasteiger partial charge on any atom is 0.309 e. The normalized spacial score (nSPS) is 36.7. The van der Waals surface area contributed by atoms with E-state index in [1.54, 1.807) is 13.8 Å². The molecule has 0 aromatic heterocycles. The van der Waals surface area contributed by atoms with E-state index in [0.717, 1.165) is 0 Å². The molecular formula is C10H18O4. The van der Waals surface area contributed by atoms with Gasteiger partial charge in [-0.15, -0.1) is 0 Å². The lowest BCUT2D eigenvalue weighted by atomic mass is 9.79. The Bertz CT molecular complexity index is 236. The molecule has 14 heavy (non-hydrogen) atoms. The van der Waals surface area contributed by atoms with Crippen LogP contribution in [0.25, 0.3) is 0 Å². The number of ether oxygens (including phenoxy) is 1. The van der Waals surface area contributed by atoms with Crippen molar-refractivity contribution >= 4 is 5.97 Å². The summed E-state index contributed by atoms with van der Waals surface area (Å²) in [5.41, 5.74) is -1.29. The van der Waals surface area contributed by atoms with Crippen LogP contribution in [-0.2, 0) is 9.53 Å². The van der Waals surface area contributed by atoms with Crippen LogP contribution in [-0.4, -0.2) is 34.0 Å². The third-order valence-electron chi connectivity index (χ3n) is 2.94. The molecule has 1 unspecified atom stereocenters. The summed E-state index contributed by atoms with van der Waals surface area (Å²) >= 11 is 0. The molecule has 0 spiro atoms. The molecule has 0 radical (unpaired) electrons. The van der Waals surface area contributed by atoms with Gasteiger partial charge in [0, 0.05) is 0 Å². The first kappa shape index (κ1) is 11.5. The molecule has 0 bridgehead atoms. The van der Waals surface area contributed by atoms with Gasteiger partial charge in [0.2, 0.25) is 0 Å². The van der Waals surface area contributed by atoms with Gasteiger partial charge in [-0.1, -0.05) is 0 Å². The Morgan fingerprint density at radius 1 is 1.50 bits per heavy atom. The summed E-state index contributed by atoms with van der Waals surface area (Å²) in [4.78, 5) is 10.9. The number of rotatable bonds is 2. The predicted octanol–water partition coefficient (Wildman–Crippen LogP) is 1.03. The minimum atomic E-state index is -0.824. The van der Waals surface area contributed by atoms with Gasteiger partial charge in [0.15, 0.2) is 0 Å². The van der Waals surface area contributed by atoms with Crippen molar-refractivity contribution in [3.63, 3.8) is 0 Å². The molecule has 1 aliphatic heterocycles. The molecule has 1 rings (SSSR count). The van der Waals surface area contributed by atoms with Crippen molar-refractivity contribution in [1.82, 2.24) is 0 Å². The summed E-state index contributed by atoms with van der Waals surface area (Å²) in [6, 6.07) is 0. The maximum atomic E-state index is 10.9. The van der Waals surface area contributed by atoms with Crippen LogP contribution < -0.4 is 0 Å². The molecule has 0 saturated carbocycles. The Kier molecular flexibility index (Phi) is 2.88. The van der Waals surface area contributed by atoms with Gasteiger partial charge < -0.3 is 14.9 Å². The van der Waals surface area contributed by atoms with Gasteiger partial charge in [-0.05, 0) is 33.6 Å². The van der Waals surface area contributed by atoms with Crippen molar-refractivity contribution in [3.8, 4) is 0 Å². The number of hydrogen-bond donors (Lipinski definition) is 2. The van der Waals surface area contributed by atoms with Crippen molar-refractivity contribution in [1.29, 1.82) is 0 Å². The van der Waals surface area contributed by atoms with Gasteiger partial charge in [0.1, 0.15) is 0 Å². The minimum absolute atomic E-state index is 0.0667. The highest BCUT2D eigenvalue weighted by Crippen LogP contribution is 2.39. The van der Waals surface area contributed by atoms with E-state index in [4.69, 9.17) is 14.9 Å². The van der Waals surface area contributed by atoms with Crippen LogP contribution in [0, 0.1) is 5.92 Å². The summed E-state index contributed by atoms with van der Waals surface area (Å²) in [6.45, 7) is 5.27. The van der Waals surface area contributed by atoms with Gasteiger partial charge >= 0.3 is 5.97 Å². The van der Waals surface area contributed by atoms with Gasteiger partial charge in [-0.2, -0.15) is 0 Å². The predicted molar refractivity (Wildman–Crippen MR) is 51.0 cm³/mol. The van der Waals surface area contributed by atoms with Crippen molar-refractivity contribution in [2.24, 2.45) is 5.92 Å². The number of aliphatic hydroxyl groups is 1. The average Bonchev–Trinajstić information content (AvgIpc) is 2.01. The molecular weight excluding hydrogens is 184 g/mol. The Hall–Kier alpha value is -0.610. The summed E-state index contributed by atoms with van der Waals surface area (Å²) in [6.07, 6.45) is 1.14. The fourth-order valence-corrected chi connectivity index (χ4v) is 2.09. The average molecular weight is 202 g/mol. The summed E-state index contributed by atoms with van der Waals surface area (Å²) in [7, 11) is 0. The molecule has 4 nitrogen and oxygen atoms in total. The second-order valence-corrected chi connectivity index (χ2v) is 4.74. The van der Waals surface area contributed by atoms with Crippen molar-refractivity contribution < 1.29 is 19.7 Å². The molecule has 1 aliphatic rings. The SMILES string of the molecule is CC1(CO)CC[C@H](C(=O)O)C(C)(C)O1. The number of aliphatic carboxylic acids is 1. The number of aliphatic hydroxyl groups excluding tert-OH is 1. The maximum absolute atomic E-state index is 10.9. The monoisotopic (exact) mass is 202 g/mol. The van der Waals surface area contributed by atoms with E-state index in [-0.39, 0.29) is 6.61 Å². The lowest BCUT2D eigenvalue weighted by molar-refractivity contribution is -0.213. The number of hydrogen-bond acceptors (Lipinski definition) is 3. The van der Waals surface area contributed by atoms with E-state index in [1.165, 1.54) is 0 Å². The molecule has 0 aromatic carbocycles. The summed E-state index contributed by atoms with van der Waals surface area (Å²) in [5.74, 6) is -1.31. The molecule has 2 atom stereocenters. The Morgan fingerprint density at radius 3 is 2.43 bits per heavy atom. The first-order chi connectivity index (χ1) is 6.31. The van der Waals surface area contributed by atoms with Crippen molar-refractivity contribution in [2.75, 3.05) is 6.61 Å². The fraction of sp³-hybridized carbons (Fsp3) is 0.900. The highest BCUT2D eigenvalue weighted by Gasteiger charge is 2.46. The molecule has 0 amide bonds. The van der Waals surface area contributed by atoms with Gasteiger partial charge in [0.05, 0.1) is 23.7 Å². The van der Waals surface area contributed by atoms with E-state index < -0.39 is 23.1 Å². The first-order valence-electron chi connectivity index (χ1n) is 4.84. The van der Waals surface area contributed by atoms with Gasteiger partial charge in [0.25, 0.3) is 0 Å². The third-order valence-corrected chi connectivity index (χ3v) is 2.94. The molecule has 0 aliphatic carbocycles. The zero-order valence-corrected chi connectivity index (χ0v) is 8.91. The van der Waals surface area contributed by atoms with Crippen LogP contribution >= 0.6 is 0 Å². The zero-order chi connectivity index (χ0) is 11.0. The lowest BCUT2D eigenvalue weighted by Gasteiger charge is -2.45. The quantitative estimate of drug-likeness (QED) is 0.701. The second kappa shape index (κ2) is 3.51. The molecule has 1 heterocycles. The van der Waals surface area contributed by atoms with Crippen molar-refractivity contribution in [2.45, 2.75) is 44.8 Å². The third kappa shape index (κ3) is 2.07. The van der Waals surface area contributed by atoms with Gasteiger partial charge in [-0.3, -0.25) is 4.79 Å². The lowest BCUT2D eigenvalue weighted by Crippen LogP contribution is -2.53. The number of carboxylic acid groups (broad SMARTS) is 1. The number of carbonyl (C=O) groups is 1. The second-order valence-electron chi connectivity index (χ2n) is 4.74. The summed E-state index contributed by atoms with van der Waals surface area (Å²) < 4.78 is 5.65. The molecule has 4 heteroatoms. The van der Waals surface area contributed by atoms with Crippen LogP contribution in [0.2, 0.25) is 0 Å². The van der Waals surface area contributed by atoms with E-state index in [1.807, 2.05) is 6.92 Å². The van der Waals surface area contributed by atoms with E-state index in [2.05, 4.69) is 0 Å². The van der Waals surface area contributed by atoms with Crippen LogP contribution in [0.1, 0.15) is 33.6 Å². The molecule has 82 valence electrons. The van der Waals surface area contributed by atoms with Crippen molar-refractivity contribution in [3.05, 3.63) is 0 Å².